The van der Waals surface area contributed by atoms with Gasteiger partial charge in [-0.25, -0.2) is 4.79 Å². The number of alkyl halides is 3. The van der Waals surface area contributed by atoms with E-state index >= 15 is 0 Å². The monoisotopic (exact) mass is 417 g/mol. The van der Waals surface area contributed by atoms with Crippen LogP contribution >= 0.6 is 15.9 Å². The molecule has 132 valence electrons. The van der Waals surface area contributed by atoms with E-state index in [0.29, 0.717) is 5.56 Å². The fraction of sp³-hybridized carbons (Fsp3) is 0.286. The molecular formula is C14H11BrF3N5O2. The van der Waals surface area contributed by atoms with Gasteiger partial charge in [0.2, 0.25) is 5.95 Å². The number of halogens is 4. The second kappa shape index (κ2) is 6.47. The molecule has 0 amide bonds. The molecule has 0 saturated carbocycles. The van der Waals surface area contributed by atoms with Crippen molar-refractivity contribution >= 4 is 27.8 Å². The van der Waals surface area contributed by atoms with E-state index in [1.54, 1.807) is 24.3 Å². The maximum absolute atomic E-state index is 13.5. The molecule has 0 saturated heterocycles. The van der Waals surface area contributed by atoms with Gasteiger partial charge in [-0.05, 0) is 35.0 Å². The average Bonchev–Trinajstić information content (AvgIpc) is 3.01. The summed E-state index contributed by atoms with van der Waals surface area (Å²) in [5.74, 6) is -1.30. The lowest BCUT2D eigenvalue weighted by atomic mass is 9.95. The summed E-state index contributed by atoms with van der Waals surface area (Å²) < 4.78 is 47.3. The molecule has 1 aliphatic rings. The van der Waals surface area contributed by atoms with Gasteiger partial charge in [-0.15, -0.1) is 0 Å². The second-order valence-corrected chi connectivity index (χ2v) is 5.95. The number of ether oxygens (including phenoxy) is 1. The highest BCUT2D eigenvalue weighted by Gasteiger charge is 2.46. The third kappa shape index (κ3) is 3.23. The molecule has 2 aromatic rings. The van der Waals surface area contributed by atoms with Crippen LogP contribution in [0, 0.1) is 0 Å². The summed E-state index contributed by atoms with van der Waals surface area (Å²) in [6.45, 7) is 1.45. The fourth-order valence-corrected chi connectivity index (χ4v) is 2.75. The molecule has 1 atom stereocenters. The summed E-state index contributed by atoms with van der Waals surface area (Å²) in [4.78, 5) is 12.3. The van der Waals surface area contributed by atoms with Gasteiger partial charge in [0.05, 0.1) is 12.2 Å². The van der Waals surface area contributed by atoms with Crippen molar-refractivity contribution in [2.45, 2.75) is 19.1 Å². The number of carbonyl (C=O) groups excluding carboxylic acids is 1. The first-order chi connectivity index (χ1) is 11.8. The molecule has 11 heteroatoms. The normalized spacial score (nSPS) is 17.1. The third-order valence-corrected chi connectivity index (χ3v) is 4.01. The van der Waals surface area contributed by atoms with E-state index in [9.17, 15) is 18.0 Å². The van der Waals surface area contributed by atoms with E-state index < -0.39 is 29.5 Å². The Morgan fingerprint density at radius 1 is 1.36 bits per heavy atom. The van der Waals surface area contributed by atoms with Gasteiger partial charge in [-0.3, -0.25) is 0 Å². The Hall–Kier alpha value is -2.43. The van der Waals surface area contributed by atoms with Crippen LogP contribution in [0.5, 0.6) is 0 Å². The number of fused-ring (bicyclic) bond motifs is 1. The number of hydrogen-bond donors (Lipinski definition) is 1. The van der Waals surface area contributed by atoms with Gasteiger partial charge in [0.15, 0.2) is 0 Å². The number of rotatable bonds is 3. The predicted octanol–water partition coefficient (Wildman–Crippen LogP) is 2.83. The average molecular weight is 418 g/mol. The fourth-order valence-electron chi connectivity index (χ4n) is 2.49. The van der Waals surface area contributed by atoms with Crippen LogP contribution < -0.4 is 5.32 Å². The van der Waals surface area contributed by atoms with Gasteiger partial charge in [0, 0.05) is 4.47 Å². The van der Waals surface area contributed by atoms with Crippen molar-refractivity contribution in [3.8, 4) is 0 Å². The van der Waals surface area contributed by atoms with E-state index in [1.807, 2.05) is 0 Å². The number of nitrogens with zero attached hydrogens (tertiary/aromatic N) is 4. The summed E-state index contributed by atoms with van der Waals surface area (Å²) in [7, 11) is 0. The number of anilines is 1. The molecule has 0 bridgehead atoms. The Morgan fingerprint density at radius 3 is 2.64 bits per heavy atom. The molecule has 1 aromatic heterocycles. The third-order valence-electron chi connectivity index (χ3n) is 3.48. The SMILES string of the molecule is CCOC(=O)C1=C(C(F)(F)F)Nc2nnnn2[C@H]1c1ccc(Br)cc1. The maximum atomic E-state index is 13.5. The van der Waals surface area contributed by atoms with Crippen molar-refractivity contribution in [1.29, 1.82) is 0 Å². The molecule has 2 heterocycles. The van der Waals surface area contributed by atoms with Crippen LogP contribution in [0.1, 0.15) is 18.5 Å². The molecule has 1 N–H and O–H groups in total. The molecular weight excluding hydrogens is 407 g/mol. The number of hydrogen-bond acceptors (Lipinski definition) is 6. The summed E-state index contributed by atoms with van der Waals surface area (Å²) >= 11 is 3.26. The van der Waals surface area contributed by atoms with Crippen LogP contribution in [0.25, 0.3) is 0 Å². The zero-order valence-corrected chi connectivity index (χ0v) is 14.3. The molecule has 1 aromatic carbocycles. The first kappa shape index (κ1) is 17.4. The molecule has 0 unspecified atom stereocenters. The van der Waals surface area contributed by atoms with Gasteiger partial charge < -0.3 is 10.1 Å². The Morgan fingerprint density at radius 2 is 2.04 bits per heavy atom. The van der Waals surface area contributed by atoms with Crippen LogP contribution in [0.15, 0.2) is 40.0 Å². The van der Waals surface area contributed by atoms with Gasteiger partial charge in [-0.2, -0.15) is 17.9 Å². The van der Waals surface area contributed by atoms with Gasteiger partial charge in [0.25, 0.3) is 0 Å². The van der Waals surface area contributed by atoms with E-state index in [0.717, 1.165) is 9.15 Å². The molecule has 7 nitrogen and oxygen atoms in total. The summed E-state index contributed by atoms with van der Waals surface area (Å²) in [5.41, 5.74) is -1.43. The van der Waals surface area contributed by atoms with E-state index in [-0.39, 0.29) is 12.6 Å². The summed E-state index contributed by atoms with van der Waals surface area (Å²) in [5, 5.41) is 12.8. The Bertz CT molecular complexity index is 832. The van der Waals surface area contributed by atoms with E-state index in [1.165, 1.54) is 6.92 Å². The highest BCUT2D eigenvalue weighted by molar-refractivity contribution is 9.10. The maximum Gasteiger partial charge on any atom is 0.431 e. The van der Waals surface area contributed by atoms with Gasteiger partial charge in [0.1, 0.15) is 11.7 Å². The van der Waals surface area contributed by atoms with Crippen LogP contribution in [0.2, 0.25) is 0 Å². The standard InChI is InChI=1S/C14H11BrF3N5O2/c1-2-25-12(24)9-10(7-3-5-8(15)6-4-7)23-13(20-21-22-23)19-11(9)14(16,17)18/h3-6,10H,2H2,1H3,(H,19,20,22)/t10-/m0/s1. The molecule has 0 radical (unpaired) electrons. The summed E-state index contributed by atoms with van der Waals surface area (Å²) in [6.07, 6.45) is -4.81. The van der Waals surface area contributed by atoms with Crippen molar-refractivity contribution in [1.82, 2.24) is 20.2 Å². The Kier molecular flexibility index (Phi) is 4.50. The minimum absolute atomic E-state index is 0.0665. The lowest BCUT2D eigenvalue weighted by Crippen LogP contribution is -2.35. The Balaban J connectivity index is 2.24. The van der Waals surface area contributed by atoms with Crippen LogP contribution in [0.4, 0.5) is 19.1 Å². The van der Waals surface area contributed by atoms with Crippen molar-refractivity contribution < 1.29 is 22.7 Å². The number of aromatic nitrogens is 4. The first-order valence-corrected chi connectivity index (χ1v) is 7.91. The van der Waals surface area contributed by atoms with Crippen molar-refractivity contribution in [2.75, 3.05) is 11.9 Å². The highest BCUT2D eigenvalue weighted by atomic mass is 79.9. The minimum Gasteiger partial charge on any atom is -0.463 e. The topological polar surface area (TPSA) is 81.9 Å². The zero-order valence-electron chi connectivity index (χ0n) is 12.7. The van der Waals surface area contributed by atoms with Gasteiger partial charge >= 0.3 is 12.1 Å². The molecule has 25 heavy (non-hydrogen) atoms. The number of esters is 1. The largest absolute Gasteiger partial charge is 0.463 e. The molecule has 0 fully saturated rings. The lowest BCUT2D eigenvalue weighted by Gasteiger charge is -2.29. The number of tetrazole rings is 1. The second-order valence-electron chi connectivity index (χ2n) is 5.03. The lowest BCUT2D eigenvalue weighted by molar-refractivity contribution is -0.140. The van der Waals surface area contributed by atoms with Crippen molar-refractivity contribution in [3.05, 3.63) is 45.6 Å². The minimum atomic E-state index is -4.81. The smallest absolute Gasteiger partial charge is 0.431 e. The molecule has 3 rings (SSSR count). The van der Waals surface area contributed by atoms with E-state index in [2.05, 4.69) is 36.8 Å². The quantitative estimate of drug-likeness (QED) is 0.773. The zero-order chi connectivity index (χ0) is 18.2. The van der Waals surface area contributed by atoms with Crippen LogP contribution in [-0.4, -0.2) is 39.0 Å². The predicted molar refractivity (Wildman–Crippen MR) is 83.4 cm³/mol. The number of benzene rings is 1. The van der Waals surface area contributed by atoms with Crippen molar-refractivity contribution in [2.24, 2.45) is 0 Å². The van der Waals surface area contributed by atoms with E-state index in [4.69, 9.17) is 4.74 Å². The van der Waals surface area contributed by atoms with Crippen molar-refractivity contribution in [3.63, 3.8) is 0 Å². The highest BCUT2D eigenvalue weighted by Crippen LogP contribution is 2.40. The Labute approximate surface area is 148 Å². The number of nitrogens with one attached hydrogen (secondary N) is 1. The van der Waals surface area contributed by atoms with Crippen LogP contribution in [-0.2, 0) is 9.53 Å². The first-order valence-electron chi connectivity index (χ1n) is 7.11. The van der Waals surface area contributed by atoms with Gasteiger partial charge in [-0.1, -0.05) is 33.2 Å². The summed E-state index contributed by atoms with van der Waals surface area (Å²) in [6, 6.07) is 5.29. The number of allylic oxidation sites excluding steroid dienone is 1. The number of carbonyl (C=O) groups is 1. The molecule has 0 aliphatic carbocycles. The molecule has 0 spiro atoms. The van der Waals surface area contributed by atoms with Crippen LogP contribution in [0.3, 0.4) is 0 Å². The molecule has 1 aliphatic heterocycles.